The Morgan fingerprint density at radius 3 is 2.45 bits per heavy atom. The van der Waals surface area contributed by atoms with Crippen LogP contribution in [-0.2, 0) is 9.59 Å². The highest BCUT2D eigenvalue weighted by molar-refractivity contribution is 6.02. The Kier molecular flexibility index (Phi) is 4.69. The molecule has 0 saturated carbocycles. The number of piperidine rings is 1. The molecule has 1 aliphatic rings. The molecule has 1 unspecified atom stereocenters. The molecule has 0 N–H and O–H groups in total. The normalized spacial score (nSPS) is 21.5. The van der Waals surface area contributed by atoms with E-state index in [9.17, 15) is 9.59 Å². The van der Waals surface area contributed by atoms with Crippen molar-refractivity contribution in [2.75, 3.05) is 20.6 Å². The van der Waals surface area contributed by atoms with E-state index in [1.807, 2.05) is 75.5 Å². The Labute approximate surface area is 132 Å². The highest BCUT2D eigenvalue weighted by Crippen LogP contribution is 2.43. The van der Waals surface area contributed by atoms with Gasteiger partial charge in [0.05, 0.1) is 5.92 Å². The van der Waals surface area contributed by atoms with Crippen LogP contribution in [0.15, 0.2) is 42.6 Å². The van der Waals surface area contributed by atoms with Crippen molar-refractivity contribution in [1.29, 1.82) is 0 Å². The van der Waals surface area contributed by atoms with E-state index in [-0.39, 0.29) is 23.1 Å². The quantitative estimate of drug-likeness (QED) is 0.803. The zero-order chi connectivity index (χ0) is 16.3. The van der Waals surface area contributed by atoms with Crippen LogP contribution in [0.4, 0.5) is 0 Å². The van der Waals surface area contributed by atoms with Gasteiger partial charge in [0.1, 0.15) is 0 Å². The molecule has 0 aromatic heterocycles. The Bertz CT molecular complexity index is 576. The monoisotopic (exact) mass is 300 g/mol. The Hall–Kier alpha value is -2.10. The van der Waals surface area contributed by atoms with Crippen molar-refractivity contribution in [2.24, 2.45) is 5.41 Å². The van der Waals surface area contributed by atoms with Gasteiger partial charge in [-0.3, -0.25) is 14.5 Å². The van der Waals surface area contributed by atoms with E-state index in [1.54, 1.807) is 0 Å². The van der Waals surface area contributed by atoms with Crippen molar-refractivity contribution in [3.63, 3.8) is 0 Å². The van der Waals surface area contributed by atoms with Gasteiger partial charge in [-0.15, -0.1) is 0 Å². The van der Waals surface area contributed by atoms with E-state index in [0.29, 0.717) is 13.0 Å². The Balaban J connectivity index is 2.28. The average molecular weight is 300 g/mol. The van der Waals surface area contributed by atoms with Gasteiger partial charge in [-0.2, -0.15) is 0 Å². The first kappa shape index (κ1) is 16.3. The summed E-state index contributed by atoms with van der Waals surface area (Å²) in [4.78, 5) is 28.5. The second-order valence-electron chi connectivity index (χ2n) is 6.70. The number of hydrogen-bond donors (Lipinski definition) is 0. The summed E-state index contributed by atoms with van der Waals surface area (Å²) in [6, 6.07) is 9.74. The Morgan fingerprint density at radius 2 is 1.86 bits per heavy atom. The number of imide groups is 1. The molecular weight excluding hydrogens is 276 g/mol. The van der Waals surface area contributed by atoms with Gasteiger partial charge >= 0.3 is 0 Å². The fourth-order valence-electron chi connectivity index (χ4n) is 2.99. The first-order valence-corrected chi connectivity index (χ1v) is 7.55. The summed E-state index contributed by atoms with van der Waals surface area (Å²) in [7, 11) is 3.82. The molecule has 0 bridgehead atoms. The number of benzene rings is 1. The molecule has 0 radical (unpaired) electrons. The maximum absolute atomic E-state index is 12.9. The first-order chi connectivity index (χ1) is 10.3. The van der Waals surface area contributed by atoms with Crippen LogP contribution in [-0.4, -0.2) is 42.3 Å². The van der Waals surface area contributed by atoms with E-state index >= 15 is 0 Å². The van der Waals surface area contributed by atoms with Gasteiger partial charge in [-0.1, -0.05) is 44.2 Å². The lowest BCUT2D eigenvalue weighted by Gasteiger charge is -2.41. The molecule has 0 spiro atoms. The molecule has 1 saturated heterocycles. The molecule has 2 rings (SSSR count). The maximum atomic E-state index is 12.9. The zero-order valence-electron chi connectivity index (χ0n) is 13.7. The standard InChI is InChI=1S/C18H24N2O2/c1-18(2)13-15(21)20(12-8-11-19(3)4)17(22)16(18)14-9-6-5-7-10-14/h5-11,16H,12-13H2,1-4H3. The summed E-state index contributed by atoms with van der Waals surface area (Å²) in [6.07, 6.45) is 4.09. The van der Waals surface area contributed by atoms with Gasteiger partial charge in [0.15, 0.2) is 0 Å². The average Bonchev–Trinajstić information content (AvgIpc) is 2.42. The van der Waals surface area contributed by atoms with Crippen LogP contribution in [0.25, 0.3) is 0 Å². The topological polar surface area (TPSA) is 40.6 Å². The molecular formula is C18H24N2O2. The van der Waals surface area contributed by atoms with Crippen LogP contribution >= 0.6 is 0 Å². The highest BCUT2D eigenvalue weighted by atomic mass is 16.2. The number of nitrogens with zero attached hydrogens (tertiary/aromatic N) is 2. The SMILES string of the molecule is CN(C)C=CCN1C(=O)CC(C)(C)C(c2ccccc2)C1=O. The number of hydrogen-bond acceptors (Lipinski definition) is 3. The summed E-state index contributed by atoms with van der Waals surface area (Å²) < 4.78 is 0. The summed E-state index contributed by atoms with van der Waals surface area (Å²) in [5.74, 6) is -0.472. The van der Waals surface area contributed by atoms with E-state index in [0.717, 1.165) is 5.56 Å². The summed E-state index contributed by atoms with van der Waals surface area (Å²) in [5.41, 5.74) is 0.615. The number of amides is 2. The third-order valence-corrected chi connectivity index (χ3v) is 4.03. The fourth-order valence-corrected chi connectivity index (χ4v) is 2.99. The van der Waals surface area contributed by atoms with Crippen LogP contribution in [0.3, 0.4) is 0 Å². The predicted molar refractivity (Wildman–Crippen MR) is 87.1 cm³/mol. The minimum absolute atomic E-state index is 0.0920. The summed E-state index contributed by atoms with van der Waals surface area (Å²) >= 11 is 0. The Morgan fingerprint density at radius 1 is 1.23 bits per heavy atom. The van der Waals surface area contributed by atoms with E-state index < -0.39 is 0 Å². The lowest BCUT2D eigenvalue weighted by molar-refractivity contribution is -0.153. The van der Waals surface area contributed by atoms with E-state index in [4.69, 9.17) is 0 Å². The molecule has 1 aliphatic heterocycles. The van der Waals surface area contributed by atoms with E-state index in [2.05, 4.69) is 0 Å². The van der Waals surface area contributed by atoms with Gasteiger partial charge in [0.2, 0.25) is 11.8 Å². The van der Waals surface area contributed by atoms with Crippen LogP contribution in [0, 0.1) is 5.41 Å². The van der Waals surface area contributed by atoms with Crippen LogP contribution in [0.2, 0.25) is 0 Å². The summed E-state index contributed by atoms with van der Waals surface area (Å²) in [6.45, 7) is 4.32. The number of likely N-dealkylation sites (tertiary alicyclic amines) is 1. The largest absolute Gasteiger partial charge is 0.384 e. The van der Waals surface area contributed by atoms with Crippen molar-refractivity contribution in [3.8, 4) is 0 Å². The minimum atomic E-state index is -0.364. The smallest absolute Gasteiger partial charge is 0.237 e. The minimum Gasteiger partial charge on any atom is -0.384 e. The van der Waals surface area contributed by atoms with Crippen LogP contribution in [0.5, 0.6) is 0 Å². The van der Waals surface area contributed by atoms with Crippen molar-refractivity contribution in [1.82, 2.24) is 9.80 Å². The van der Waals surface area contributed by atoms with E-state index in [1.165, 1.54) is 4.90 Å². The second kappa shape index (κ2) is 6.34. The number of carbonyl (C=O) groups is 2. The molecule has 1 atom stereocenters. The van der Waals surface area contributed by atoms with Gasteiger partial charge in [0, 0.05) is 27.1 Å². The first-order valence-electron chi connectivity index (χ1n) is 7.55. The fraction of sp³-hybridized carbons (Fsp3) is 0.444. The lowest BCUT2D eigenvalue weighted by atomic mass is 9.69. The van der Waals surface area contributed by atoms with Gasteiger partial charge < -0.3 is 4.90 Å². The molecule has 22 heavy (non-hydrogen) atoms. The van der Waals surface area contributed by atoms with Crippen molar-refractivity contribution in [2.45, 2.75) is 26.2 Å². The maximum Gasteiger partial charge on any atom is 0.237 e. The van der Waals surface area contributed by atoms with Crippen molar-refractivity contribution >= 4 is 11.8 Å². The van der Waals surface area contributed by atoms with Crippen molar-refractivity contribution < 1.29 is 9.59 Å². The molecule has 1 heterocycles. The van der Waals surface area contributed by atoms with Gasteiger partial charge in [-0.05, 0) is 23.3 Å². The van der Waals surface area contributed by atoms with Gasteiger partial charge in [-0.25, -0.2) is 0 Å². The highest BCUT2D eigenvalue weighted by Gasteiger charge is 2.46. The van der Waals surface area contributed by atoms with Crippen LogP contribution < -0.4 is 0 Å². The second-order valence-corrected chi connectivity index (χ2v) is 6.70. The third-order valence-electron chi connectivity index (χ3n) is 4.03. The molecule has 4 nitrogen and oxygen atoms in total. The predicted octanol–water partition coefficient (Wildman–Crippen LogP) is 2.63. The number of rotatable bonds is 4. The number of carbonyl (C=O) groups excluding carboxylic acids is 2. The molecule has 4 heteroatoms. The third kappa shape index (κ3) is 3.38. The molecule has 2 amide bonds. The van der Waals surface area contributed by atoms with Gasteiger partial charge in [0.25, 0.3) is 0 Å². The molecule has 118 valence electrons. The van der Waals surface area contributed by atoms with Crippen LogP contribution in [0.1, 0.15) is 31.7 Å². The molecule has 1 aromatic carbocycles. The molecule has 1 aromatic rings. The van der Waals surface area contributed by atoms with Crippen molar-refractivity contribution in [3.05, 3.63) is 48.2 Å². The lowest BCUT2D eigenvalue weighted by Crippen LogP contribution is -2.51. The molecule has 1 fully saturated rings. The summed E-state index contributed by atoms with van der Waals surface area (Å²) in [5, 5.41) is 0. The zero-order valence-corrected chi connectivity index (χ0v) is 13.7. The molecule has 0 aliphatic carbocycles.